The zero-order valence-corrected chi connectivity index (χ0v) is 9.08. The van der Waals surface area contributed by atoms with Gasteiger partial charge in [-0.3, -0.25) is 0 Å². The predicted molar refractivity (Wildman–Crippen MR) is 60.5 cm³/mol. The van der Waals surface area contributed by atoms with Gasteiger partial charge >= 0.3 is 0 Å². The van der Waals surface area contributed by atoms with E-state index in [1.807, 2.05) is 31.2 Å². The first-order chi connectivity index (χ1) is 7.81. The van der Waals surface area contributed by atoms with Crippen molar-refractivity contribution in [1.29, 1.82) is 0 Å². The maximum atomic E-state index is 10.5. The summed E-state index contributed by atoms with van der Waals surface area (Å²) in [4.78, 5) is 14.4. The lowest BCUT2D eigenvalue weighted by molar-refractivity contribution is -0.108. The fourth-order valence-electron chi connectivity index (χ4n) is 1.60. The van der Waals surface area contributed by atoms with Gasteiger partial charge in [-0.25, -0.2) is 9.67 Å². The Hall–Kier alpha value is -1.97. The Morgan fingerprint density at radius 3 is 3.06 bits per heavy atom. The molecule has 16 heavy (non-hydrogen) atoms. The van der Waals surface area contributed by atoms with Gasteiger partial charge in [0.1, 0.15) is 18.9 Å². The Morgan fingerprint density at radius 1 is 1.50 bits per heavy atom. The van der Waals surface area contributed by atoms with E-state index in [-0.39, 0.29) is 5.92 Å². The second-order valence-electron chi connectivity index (χ2n) is 3.74. The molecule has 0 saturated heterocycles. The van der Waals surface area contributed by atoms with Crippen molar-refractivity contribution >= 4 is 6.29 Å². The van der Waals surface area contributed by atoms with Crippen molar-refractivity contribution in [3.05, 3.63) is 42.5 Å². The molecule has 4 nitrogen and oxygen atoms in total. The minimum Gasteiger partial charge on any atom is -0.303 e. The average molecular weight is 215 g/mol. The molecule has 0 amide bonds. The number of hydrogen-bond acceptors (Lipinski definition) is 3. The van der Waals surface area contributed by atoms with Gasteiger partial charge in [0.15, 0.2) is 0 Å². The van der Waals surface area contributed by atoms with Crippen LogP contribution >= 0.6 is 0 Å². The van der Waals surface area contributed by atoms with Crippen molar-refractivity contribution in [2.75, 3.05) is 0 Å². The summed E-state index contributed by atoms with van der Waals surface area (Å²) in [7, 11) is 0. The smallest absolute Gasteiger partial charge is 0.138 e. The molecule has 4 heteroatoms. The van der Waals surface area contributed by atoms with Crippen LogP contribution in [-0.2, 0) is 4.79 Å². The molecule has 0 saturated carbocycles. The summed E-state index contributed by atoms with van der Waals surface area (Å²) in [5, 5.41) is 4.07. The molecule has 2 aromatic rings. The first-order valence-corrected chi connectivity index (χ1v) is 5.20. The molecule has 0 bridgehead atoms. The van der Waals surface area contributed by atoms with E-state index in [1.165, 1.54) is 6.33 Å². The van der Waals surface area contributed by atoms with Gasteiger partial charge in [-0.2, -0.15) is 5.10 Å². The van der Waals surface area contributed by atoms with Crippen LogP contribution in [-0.4, -0.2) is 21.1 Å². The van der Waals surface area contributed by atoms with E-state index in [4.69, 9.17) is 0 Å². The van der Waals surface area contributed by atoms with Crippen LogP contribution in [0.1, 0.15) is 24.8 Å². The maximum Gasteiger partial charge on any atom is 0.138 e. The van der Waals surface area contributed by atoms with Crippen molar-refractivity contribution in [1.82, 2.24) is 14.8 Å². The molecule has 2 rings (SSSR count). The van der Waals surface area contributed by atoms with Crippen LogP contribution in [0.25, 0.3) is 5.69 Å². The zero-order chi connectivity index (χ0) is 11.4. The van der Waals surface area contributed by atoms with Gasteiger partial charge in [0.25, 0.3) is 0 Å². The van der Waals surface area contributed by atoms with Crippen LogP contribution in [0.5, 0.6) is 0 Å². The lowest BCUT2D eigenvalue weighted by atomic mass is 9.98. The van der Waals surface area contributed by atoms with E-state index in [0.29, 0.717) is 6.42 Å². The third-order valence-corrected chi connectivity index (χ3v) is 2.57. The lowest BCUT2D eigenvalue weighted by Crippen LogP contribution is -1.98. The normalized spacial score (nSPS) is 12.3. The Bertz CT molecular complexity index is 465. The summed E-state index contributed by atoms with van der Waals surface area (Å²) in [5.41, 5.74) is 2.10. The molecule has 1 atom stereocenters. The SMILES string of the molecule is CC(CC=O)c1cccc(-n2cncn2)c1. The highest BCUT2D eigenvalue weighted by molar-refractivity contribution is 5.52. The van der Waals surface area contributed by atoms with Gasteiger partial charge in [0.2, 0.25) is 0 Å². The largest absolute Gasteiger partial charge is 0.303 e. The highest BCUT2D eigenvalue weighted by atomic mass is 16.1. The Morgan fingerprint density at radius 2 is 2.38 bits per heavy atom. The predicted octanol–water partition coefficient (Wildman–Crippen LogP) is 1.96. The van der Waals surface area contributed by atoms with Gasteiger partial charge in [0, 0.05) is 6.42 Å². The molecule has 1 aromatic carbocycles. The maximum absolute atomic E-state index is 10.5. The summed E-state index contributed by atoms with van der Waals surface area (Å²) in [5.74, 6) is 0.237. The molecule has 0 aliphatic rings. The van der Waals surface area contributed by atoms with Crippen molar-refractivity contribution < 1.29 is 4.79 Å². The van der Waals surface area contributed by atoms with E-state index in [1.54, 1.807) is 11.0 Å². The lowest BCUT2D eigenvalue weighted by Gasteiger charge is -2.09. The number of rotatable bonds is 4. The highest BCUT2D eigenvalue weighted by Gasteiger charge is 2.06. The van der Waals surface area contributed by atoms with Crippen molar-refractivity contribution in [3.63, 3.8) is 0 Å². The van der Waals surface area contributed by atoms with Crippen LogP contribution in [0.3, 0.4) is 0 Å². The van der Waals surface area contributed by atoms with E-state index in [2.05, 4.69) is 10.1 Å². The van der Waals surface area contributed by atoms with Crippen molar-refractivity contribution in [2.45, 2.75) is 19.3 Å². The van der Waals surface area contributed by atoms with Crippen LogP contribution < -0.4 is 0 Å². The fourth-order valence-corrected chi connectivity index (χ4v) is 1.60. The van der Waals surface area contributed by atoms with E-state index < -0.39 is 0 Å². The second-order valence-corrected chi connectivity index (χ2v) is 3.74. The monoisotopic (exact) mass is 215 g/mol. The molecule has 1 heterocycles. The molecule has 82 valence electrons. The summed E-state index contributed by atoms with van der Waals surface area (Å²) in [6.45, 7) is 2.04. The standard InChI is InChI=1S/C12H13N3O/c1-10(5-6-16)11-3-2-4-12(7-11)15-9-13-8-14-15/h2-4,6-10H,5H2,1H3. The minimum absolute atomic E-state index is 0.237. The number of carbonyl (C=O) groups excluding carboxylic acids is 1. The fraction of sp³-hybridized carbons (Fsp3) is 0.250. The number of nitrogens with zero attached hydrogens (tertiary/aromatic N) is 3. The summed E-state index contributed by atoms with van der Waals surface area (Å²) in [6, 6.07) is 7.98. The Balaban J connectivity index is 2.29. The molecule has 0 N–H and O–H groups in total. The van der Waals surface area contributed by atoms with E-state index in [0.717, 1.165) is 17.5 Å². The number of benzene rings is 1. The molecule has 0 aliphatic heterocycles. The molecule has 0 radical (unpaired) electrons. The Kier molecular flexibility index (Phi) is 3.10. The molecule has 0 aliphatic carbocycles. The van der Waals surface area contributed by atoms with Gasteiger partial charge < -0.3 is 4.79 Å². The van der Waals surface area contributed by atoms with Crippen LogP contribution in [0.15, 0.2) is 36.9 Å². The average Bonchev–Trinajstić information content (AvgIpc) is 2.83. The summed E-state index contributed by atoms with van der Waals surface area (Å²) < 4.78 is 1.71. The molecule has 1 unspecified atom stereocenters. The molecule has 1 aromatic heterocycles. The number of hydrogen-bond donors (Lipinski definition) is 0. The first-order valence-electron chi connectivity index (χ1n) is 5.20. The van der Waals surface area contributed by atoms with Crippen molar-refractivity contribution in [2.24, 2.45) is 0 Å². The van der Waals surface area contributed by atoms with Crippen molar-refractivity contribution in [3.8, 4) is 5.69 Å². The van der Waals surface area contributed by atoms with Gasteiger partial charge in [-0.05, 0) is 23.6 Å². The zero-order valence-electron chi connectivity index (χ0n) is 9.08. The number of aldehydes is 1. The molecular weight excluding hydrogens is 202 g/mol. The molecular formula is C12H13N3O. The Labute approximate surface area is 93.9 Å². The second kappa shape index (κ2) is 4.70. The number of aromatic nitrogens is 3. The van der Waals surface area contributed by atoms with E-state index >= 15 is 0 Å². The molecule has 0 spiro atoms. The summed E-state index contributed by atoms with van der Waals surface area (Å²) >= 11 is 0. The minimum atomic E-state index is 0.237. The quantitative estimate of drug-likeness (QED) is 0.732. The third kappa shape index (κ3) is 2.16. The van der Waals surface area contributed by atoms with Crippen LogP contribution in [0.2, 0.25) is 0 Å². The van der Waals surface area contributed by atoms with Gasteiger partial charge in [-0.1, -0.05) is 19.1 Å². The highest BCUT2D eigenvalue weighted by Crippen LogP contribution is 2.20. The van der Waals surface area contributed by atoms with Gasteiger partial charge in [-0.15, -0.1) is 0 Å². The number of carbonyl (C=O) groups is 1. The summed E-state index contributed by atoms with van der Waals surface area (Å²) in [6.07, 6.45) is 4.65. The van der Waals surface area contributed by atoms with E-state index in [9.17, 15) is 4.79 Å². The van der Waals surface area contributed by atoms with Crippen LogP contribution in [0, 0.1) is 0 Å². The molecule has 0 fully saturated rings. The third-order valence-electron chi connectivity index (χ3n) is 2.57. The first kappa shape index (κ1) is 10.5. The van der Waals surface area contributed by atoms with Crippen LogP contribution in [0.4, 0.5) is 0 Å². The van der Waals surface area contributed by atoms with Gasteiger partial charge in [0.05, 0.1) is 5.69 Å². The topological polar surface area (TPSA) is 47.8 Å².